The van der Waals surface area contributed by atoms with Crippen LogP contribution in [-0.2, 0) is 26.1 Å². The van der Waals surface area contributed by atoms with Gasteiger partial charge in [0.15, 0.2) is 0 Å². The Morgan fingerprint density at radius 3 is 2.55 bits per heavy atom. The van der Waals surface area contributed by atoms with Gasteiger partial charge in [0.25, 0.3) is 5.91 Å². The molecule has 3 amide bonds. The maximum absolute atomic E-state index is 13.8. The van der Waals surface area contributed by atoms with Crippen LogP contribution in [0.2, 0.25) is 5.02 Å². The molecule has 0 aliphatic carbocycles. The molecule has 10 heteroatoms. The van der Waals surface area contributed by atoms with Gasteiger partial charge < -0.3 is 5.32 Å². The van der Waals surface area contributed by atoms with Crippen molar-refractivity contribution in [3.05, 3.63) is 58.6 Å². The van der Waals surface area contributed by atoms with E-state index in [0.29, 0.717) is 40.6 Å². The molecule has 4 aliphatic rings. The number of nitrogens with zero attached hydrogens (tertiary/aromatic N) is 2. The van der Waals surface area contributed by atoms with Crippen molar-refractivity contribution in [2.75, 3.05) is 16.8 Å². The Balaban J connectivity index is 1.57. The third-order valence-corrected chi connectivity index (χ3v) is 7.74. The van der Waals surface area contributed by atoms with Gasteiger partial charge in [0.1, 0.15) is 5.54 Å². The Bertz CT molecular complexity index is 1250. The number of rotatable bonds is 1. The van der Waals surface area contributed by atoms with E-state index >= 15 is 0 Å². The Morgan fingerprint density at radius 2 is 1.79 bits per heavy atom. The van der Waals surface area contributed by atoms with Crippen LogP contribution in [-0.4, -0.2) is 35.2 Å². The van der Waals surface area contributed by atoms with E-state index in [1.807, 2.05) is 4.90 Å². The molecule has 1 N–H and O–H groups in total. The summed E-state index contributed by atoms with van der Waals surface area (Å²) in [7, 11) is 0. The van der Waals surface area contributed by atoms with Crippen LogP contribution >= 0.6 is 11.6 Å². The van der Waals surface area contributed by atoms with Gasteiger partial charge in [-0.2, -0.15) is 13.2 Å². The number of hydrogen-bond acceptors (Lipinski definition) is 4. The summed E-state index contributed by atoms with van der Waals surface area (Å²) < 4.78 is 41.2. The molecular formula is C23H17ClF3N3O3. The molecule has 2 aromatic rings. The summed E-state index contributed by atoms with van der Waals surface area (Å²) in [6.07, 6.45) is -3.48. The summed E-state index contributed by atoms with van der Waals surface area (Å²) in [4.78, 5) is 43.5. The van der Waals surface area contributed by atoms with Crippen molar-refractivity contribution in [2.24, 2.45) is 11.8 Å². The van der Waals surface area contributed by atoms with Crippen LogP contribution in [0.5, 0.6) is 0 Å². The first kappa shape index (κ1) is 20.7. The number of imide groups is 1. The van der Waals surface area contributed by atoms with Crippen LogP contribution in [0.1, 0.15) is 24.0 Å². The number of anilines is 2. The minimum Gasteiger partial charge on any atom is -0.323 e. The summed E-state index contributed by atoms with van der Waals surface area (Å²) in [5, 5.41) is 3.07. The van der Waals surface area contributed by atoms with Crippen LogP contribution in [0.3, 0.4) is 0 Å². The molecule has 0 aromatic heterocycles. The van der Waals surface area contributed by atoms with E-state index in [0.717, 1.165) is 12.1 Å². The second kappa shape index (κ2) is 6.57. The Morgan fingerprint density at radius 1 is 1.03 bits per heavy atom. The Labute approximate surface area is 191 Å². The number of para-hydroxylation sites is 2. The lowest BCUT2D eigenvalue weighted by Crippen LogP contribution is -2.54. The number of carbonyl (C=O) groups is 3. The van der Waals surface area contributed by atoms with Crippen molar-refractivity contribution in [3.8, 4) is 0 Å². The molecule has 3 saturated heterocycles. The van der Waals surface area contributed by atoms with E-state index in [2.05, 4.69) is 5.32 Å². The molecule has 0 unspecified atom stereocenters. The predicted octanol–water partition coefficient (Wildman–Crippen LogP) is 3.79. The van der Waals surface area contributed by atoms with Crippen LogP contribution in [0, 0.1) is 11.8 Å². The molecule has 3 fully saturated rings. The first-order valence-corrected chi connectivity index (χ1v) is 11.0. The molecule has 0 saturated carbocycles. The number of alkyl halides is 3. The quantitative estimate of drug-likeness (QED) is 0.637. The second-order valence-electron chi connectivity index (χ2n) is 8.82. The first-order valence-electron chi connectivity index (χ1n) is 10.6. The molecule has 170 valence electrons. The highest BCUT2D eigenvalue weighted by Gasteiger charge is 2.75. The average Bonchev–Trinajstić information content (AvgIpc) is 3.47. The molecule has 6 nitrogen and oxygen atoms in total. The van der Waals surface area contributed by atoms with E-state index in [1.54, 1.807) is 18.2 Å². The number of hydrogen-bond donors (Lipinski definition) is 1. The van der Waals surface area contributed by atoms with Gasteiger partial charge in [-0.25, -0.2) is 4.90 Å². The lowest BCUT2D eigenvalue weighted by Gasteiger charge is -2.36. The van der Waals surface area contributed by atoms with Crippen LogP contribution in [0.15, 0.2) is 42.5 Å². The molecular weight excluding hydrogens is 459 g/mol. The van der Waals surface area contributed by atoms with Gasteiger partial charge in [-0.3, -0.25) is 19.3 Å². The second-order valence-corrected chi connectivity index (χ2v) is 9.22. The summed E-state index contributed by atoms with van der Waals surface area (Å²) in [5.74, 6) is -4.02. The zero-order chi connectivity index (χ0) is 23.3. The van der Waals surface area contributed by atoms with Crippen LogP contribution < -0.4 is 10.2 Å². The van der Waals surface area contributed by atoms with Crippen LogP contribution in [0.25, 0.3) is 0 Å². The fourth-order valence-electron chi connectivity index (χ4n) is 6.34. The topological polar surface area (TPSA) is 69.7 Å². The predicted molar refractivity (Wildman–Crippen MR) is 112 cm³/mol. The molecule has 6 rings (SSSR count). The normalized spacial score (nSPS) is 30.7. The molecule has 0 radical (unpaired) electrons. The molecule has 33 heavy (non-hydrogen) atoms. The zero-order valence-corrected chi connectivity index (χ0v) is 17.8. The van der Waals surface area contributed by atoms with Gasteiger partial charge in [0.2, 0.25) is 11.8 Å². The summed E-state index contributed by atoms with van der Waals surface area (Å²) in [6, 6.07) is 9.08. The number of benzene rings is 2. The lowest BCUT2D eigenvalue weighted by molar-refractivity contribution is -0.138. The van der Waals surface area contributed by atoms with Gasteiger partial charge in [0.05, 0.1) is 33.8 Å². The fourth-order valence-corrected chi connectivity index (χ4v) is 6.56. The summed E-state index contributed by atoms with van der Waals surface area (Å²) in [5.41, 5.74) is -2.18. The number of carbonyl (C=O) groups excluding carboxylic acids is 3. The smallest absolute Gasteiger partial charge is 0.323 e. The SMILES string of the molecule is O=C1[C@@H]2[C@@H]3CCCN3[C@@]3(C(=O)Nc4c(Cl)cccc43)[C@H]2C(=O)N1c1ccccc1C(F)(F)F. The zero-order valence-electron chi connectivity index (χ0n) is 17.0. The van der Waals surface area contributed by atoms with Gasteiger partial charge in [0, 0.05) is 11.6 Å². The minimum absolute atomic E-state index is 0.299. The highest BCUT2D eigenvalue weighted by molar-refractivity contribution is 6.35. The molecule has 4 aliphatic heterocycles. The molecule has 2 aromatic carbocycles. The summed E-state index contributed by atoms with van der Waals surface area (Å²) >= 11 is 6.32. The van der Waals surface area contributed by atoms with Crippen molar-refractivity contribution in [2.45, 2.75) is 30.6 Å². The number of amides is 3. The van der Waals surface area contributed by atoms with Gasteiger partial charge in [-0.15, -0.1) is 0 Å². The Kier molecular flexibility index (Phi) is 4.12. The van der Waals surface area contributed by atoms with E-state index in [9.17, 15) is 27.6 Å². The van der Waals surface area contributed by atoms with E-state index in [4.69, 9.17) is 11.6 Å². The molecule has 0 bridgehead atoms. The van der Waals surface area contributed by atoms with E-state index in [1.165, 1.54) is 12.1 Å². The van der Waals surface area contributed by atoms with Gasteiger partial charge in [-0.05, 0) is 37.6 Å². The van der Waals surface area contributed by atoms with Gasteiger partial charge in [-0.1, -0.05) is 35.9 Å². The van der Waals surface area contributed by atoms with Crippen molar-refractivity contribution >= 4 is 40.7 Å². The fraction of sp³-hybridized carbons (Fsp3) is 0.348. The lowest BCUT2D eigenvalue weighted by atomic mass is 9.75. The van der Waals surface area contributed by atoms with Crippen molar-refractivity contribution < 1.29 is 27.6 Å². The largest absolute Gasteiger partial charge is 0.418 e. The standard InChI is InChI=1S/C23H17ClF3N3O3/c24-13-7-3-6-12-18(13)28-21(33)22(12)17-16(15-9-4-10-29(15)22)19(31)30(20(17)32)14-8-2-1-5-11(14)23(25,26)27/h1-3,5-8,15-17H,4,9-10H2,(H,28,33)/t15-,16+,17+,22+/m0/s1. The van der Waals surface area contributed by atoms with Gasteiger partial charge >= 0.3 is 6.18 Å². The number of nitrogens with one attached hydrogen (secondary N) is 1. The Hall–Kier alpha value is -2.91. The minimum atomic E-state index is -4.75. The van der Waals surface area contributed by atoms with Crippen LogP contribution in [0.4, 0.5) is 24.5 Å². The first-order chi connectivity index (χ1) is 15.7. The van der Waals surface area contributed by atoms with Crippen molar-refractivity contribution in [3.63, 3.8) is 0 Å². The maximum atomic E-state index is 13.8. The maximum Gasteiger partial charge on any atom is 0.418 e. The number of halogens is 4. The molecule has 1 spiro atoms. The third-order valence-electron chi connectivity index (χ3n) is 7.43. The highest BCUT2D eigenvalue weighted by atomic mass is 35.5. The van der Waals surface area contributed by atoms with Crippen molar-refractivity contribution in [1.82, 2.24) is 4.90 Å². The summed E-state index contributed by atoms with van der Waals surface area (Å²) in [6.45, 7) is 0.497. The third kappa shape index (κ3) is 2.41. The molecule has 4 atom stereocenters. The highest BCUT2D eigenvalue weighted by Crippen LogP contribution is 2.61. The number of fused-ring (bicyclic) bond motifs is 7. The average molecular weight is 476 g/mol. The molecule has 4 heterocycles. The monoisotopic (exact) mass is 475 g/mol. The van der Waals surface area contributed by atoms with E-state index < -0.39 is 58.6 Å². The van der Waals surface area contributed by atoms with Crippen molar-refractivity contribution in [1.29, 1.82) is 0 Å². The van der Waals surface area contributed by atoms with E-state index in [-0.39, 0.29) is 0 Å².